The lowest BCUT2D eigenvalue weighted by atomic mass is 10.1. The fraction of sp³-hybridized carbons (Fsp3) is 0.583. The molecular weight excluding hydrogens is 268 g/mol. The molecule has 0 saturated carbocycles. The van der Waals surface area contributed by atoms with Gasteiger partial charge in [0.1, 0.15) is 0 Å². The molecule has 2 heterocycles. The Bertz CT molecular complexity index is 461. The molecule has 0 radical (unpaired) electrons. The average Bonchev–Trinajstić information content (AvgIpc) is 2.66. The van der Waals surface area contributed by atoms with Crippen LogP contribution in [0.25, 0.3) is 0 Å². The number of anilines is 1. The van der Waals surface area contributed by atoms with Crippen molar-refractivity contribution in [3.05, 3.63) is 27.4 Å². The van der Waals surface area contributed by atoms with Gasteiger partial charge >= 0.3 is 5.69 Å². The standard InChI is InChI=1S/C12H17ClN4O2/c1-16(10-3-2-5-14-6-4-10)12-11(17(18)19)7-9(13)8-15-12/h7-8,10,14H,2-6H2,1H3. The van der Waals surface area contributed by atoms with E-state index in [4.69, 9.17) is 11.6 Å². The number of halogens is 1. The lowest BCUT2D eigenvalue weighted by Crippen LogP contribution is -2.33. The van der Waals surface area contributed by atoms with E-state index in [0.717, 1.165) is 32.4 Å². The Balaban J connectivity index is 2.26. The van der Waals surface area contributed by atoms with Crippen LogP contribution in [0.5, 0.6) is 0 Å². The van der Waals surface area contributed by atoms with Crippen LogP contribution >= 0.6 is 11.6 Å². The van der Waals surface area contributed by atoms with E-state index >= 15 is 0 Å². The molecule has 7 heteroatoms. The van der Waals surface area contributed by atoms with Crippen LogP contribution in [0.15, 0.2) is 12.3 Å². The molecule has 1 aromatic rings. The molecule has 104 valence electrons. The summed E-state index contributed by atoms with van der Waals surface area (Å²) < 4.78 is 0. The quantitative estimate of drug-likeness (QED) is 0.681. The molecule has 0 aromatic carbocycles. The van der Waals surface area contributed by atoms with Crippen LogP contribution in [0.4, 0.5) is 11.5 Å². The highest BCUT2D eigenvalue weighted by Gasteiger charge is 2.25. The van der Waals surface area contributed by atoms with Gasteiger partial charge in [-0.25, -0.2) is 4.98 Å². The number of rotatable bonds is 3. The van der Waals surface area contributed by atoms with Crippen LogP contribution in [0.1, 0.15) is 19.3 Å². The average molecular weight is 285 g/mol. The molecule has 0 aliphatic carbocycles. The third kappa shape index (κ3) is 3.33. The molecule has 2 rings (SSSR count). The van der Waals surface area contributed by atoms with Gasteiger partial charge in [-0.1, -0.05) is 11.6 Å². The molecule has 19 heavy (non-hydrogen) atoms. The van der Waals surface area contributed by atoms with Gasteiger partial charge in [0.15, 0.2) is 0 Å². The minimum Gasteiger partial charge on any atom is -0.351 e. The highest BCUT2D eigenvalue weighted by atomic mass is 35.5. The zero-order valence-electron chi connectivity index (χ0n) is 10.8. The van der Waals surface area contributed by atoms with E-state index in [-0.39, 0.29) is 16.8 Å². The van der Waals surface area contributed by atoms with Crippen LogP contribution < -0.4 is 10.2 Å². The molecule has 1 aromatic heterocycles. The van der Waals surface area contributed by atoms with E-state index in [1.54, 1.807) is 0 Å². The summed E-state index contributed by atoms with van der Waals surface area (Å²) in [6.45, 7) is 1.93. The highest BCUT2D eigenvalue weighted by Crippen LogP contribution is 2.30. The first kappa shape index (κ1) is 14.0. The molecule has 1 unspecified atom stereocenters. The van der Waals surface area contributed by atoms with E-state index in [9.17, 15) is 10.1 Å². The molecule has 1 aliphatic rings. The van der Waals surface area contributed by atoms with Crippen LogP contribution in [-0.2, 0) is 0 Å². The Morgan fingerprint density at radius 2 is 2.32 bits per heavy atom. The number of pyridine rings is 1. The number of aromatic nitrogens is 1. The second-order valence-corrected chi connectivity index (χ2v) is 5.14. The topological polar surface area (TPSA) is 71.3 Å². The van der Waals surface area contributed by atoms with Crippen molar-refractivity contribution in [2.45, 2.75) is 25.3 Å². The molecule has 1 aliphatic heterocycles. The number of nitrogens with one attached hydrogen (secondary N) is 1. The molecular formula is C12H17ClN4O2. The van der Waals surface area contributed by atoms with Crippen molar-refractivity contribution in [1.29, 1.82) is 0 Å². The van der Waals surface area contributed by atoms with Crippen molar-refractivity contribution in [1.82, 2.24) is 10.3 Å². The third-order valence-electron chi connectivity index (χ3n) is 3.44. The summed E-state index contributed by atoms with van der Waals surface area (Å²) >= 11 is 5.78. The zero-order chi connectivity index (χ0) is 13.8. The Hall–Kier alpha value is -1.40. The predicted molar refractivity (Wildman–Crippen MR) is 74.8 cm³/mol. The third-order valence-corrected chi connectivity index (χ3v) is 3.64. The normalized spacial score (nSPS) is 19.8. The van der Waals surface area contributed by atoms with E-state index in [1.165, 1.54) is 12.3 Å². The SMILES string of the molecule is CN(c1ncc(Cl)cc1[N+](=O)[O-])C1CCCNCC1. The minimum absolute atomic E-state index is 0.0350. The summed E-state index contributed by atoms with van der Waals surface area (Å²) in [7, 11) is 1.86. The van der Waals surface area contributed by atoms with Crippen LogP contribution in [0, 0.1) is 10.1 Å². The predicted octanol–water partition coefficient (Wildman–Crippen LogP) is 2.22. The second kappa shape index (κ2) is 6.16. The second-order valence-electron chi connectivity index (χ2n) is 4.70. The molecule has 1 saturated heterocycles. The Labute approximate surface area is 116 Å². The van der Waals surface area contributed by atoms with Gasteiger partial charge in [-0.2, -0.15) is 0 Å². The first-order chi connectivity index (χ1) is 9.09. The zero-order valence-corrected chi connectivity index (χ0v) is 11.6. The molecule has 0 spiro atoms. The first-order valence-corrected chi connectivity index (χ1v) is 6.71. The van der Waals surface area contributed by atoms with Crippen molar-refractivity contribution in [3.63, 3.8) is 0 Å². The van der Waals surface area contributed by atoms with Gasteiger partial charge in [0.25, 0.3) is 0 Å². The summed E-state index contributed by atoms with van der Waals surface area (Å²) in [5, 5.41) is 14.7. The summed E-state index contributed by atoms with van der Waals surface area (Å²) in [6.07, 6.45) is 4.48. The molecule has 6 nitrogen and oxygen atoms in total. The Kier molecular flexibility index (Phi) is 4.55. The fourth-order valence-corrected chi connectivity index (χ4v) is 2.54. The number of nitro groups is 1. The molecule has 1 N–H and O–H groups in total. The number of nitrogens with zero attached hydrogens (tertiary/aromatic N) is 3. The van der Waals surface area contributed by atoms with Crippen LogP contribution in [0.3, 0.4) is 0 Å². The summed E-state index contributed by atoms with van der Waals surface area (Å²) in [5.74, 6) is 0.390. The lowest BCUT2D eigenvalue weighted by molar-refractivity contribution is -0.384. The maximum atomic E-state index is 11.1. The van der Waals surface area contributed by atoms with Gasteiger partial charge in [0, 0.05) is 25.4 Å². The smallest absolute Gasteiger partial charge is 0.313 e. The van der Waals surface area contributed by atoms with Gasteiger partial charge in [0.2, 0.25) is 5.82 Å². The number of hydrogen-bond acceptors (Lipinski definition) is 5. The van der Waals surface area contributed by atoms with Gasteiger partial charge < -0.3 is 10.2 Å². The van der Waals surface area contributed by atoms with E-state index < -0.39 is 4.92 Å². The van der Waals surface area contributed by atoms with E-state index in [1.807, 2.05) is 11.9 Å². The Morgan fingerprint density at radius 1 is 1.53 bits per heavy atom. The van der Waals surface area contributed by atoms with Gasteiger partial charge in [-0.3, -0.25) is 10.1 Å². The summed E-state index contributed by atoms with van der Waals surface area (Å²) in [4.78, 5) is 16.7. The van der Waals surface area contributed by atoms with Crippen molar-refractivity contribution in [2.24, 2.45) is 0 Å². The van der Waals surface area contributed by atoms with Gasteiger partial charge in [0.05, 0.1) is 9.95 Å². The fourth-order valence-electron chi connectivity index (χ4n) is 2.39. The largest absolute Gasteiger partial charge is 0.351 e. The highest BCUT2D eigenvalue weighted by molar-refractivity contribution is 6.30. The Morgan fingerprint density at radius 3 is 3.05 bits per heavy atom. The van der Waals surface area contributed by atoms with Crippen molar-refractivity contribution in [2.75, 3.05) is 25.0 Å². The van der Waals surface area contributed by atoms with E-state index in [2.05, 4.69) is 10.3 Å². The van der Waals surface area contributed by atoms with Crippen molar-refractivity contribution < 1.29 is 4.92 Å². The molecule has 1 atom stereocenters. The maximum Gasteiger partial charge on any atom is 0.313 e. The molecule has 1 fully saturated rings. The van der Waals surface area contributed by atoms with Gasteiger partial charge in [-0.05, 0) is 32.4 Å². The first-order valence-electron chi connectivity index (χ1n) is 6.33. The van der Waals surface area contributed by atoms with Crippen LogP contribution in [0.2, 0.25) is 5.02 Å². The van der Waals surface area contributed by atoms with Crippen LogP contribution in [-0.4, -0.2) is 36.1 Å². The maximum absolute atomic E-state index is 11.1. The molecule has 0 amide bonds. The number of hydrogen-bond donors (Lipinski definition) is 1. The van der Waals surface area contributed by atoms with Gasteiger partial charge in [-0.15, -0.1) is 0 Å². The minimum atomic E-state index is -0.431. The van der Waals surface area contributed by atoms with Crippen molar-refractivity contribution >= 4 is 23.1 Å². The summed E-state index contributed by atoms with van der Waals surface area (Å²) in [6, 6.07) is 1.62. The lowest BCUT2D eigenvalue weighted by Gasteiger charge is -2.27. The monoisotopic (exact) mass is 284 g/mol. The summed E-state index contributed by atoms with van der Waals surface area (Å²) in [5.41, 5.74) is -0.0350. The molecule has 0 bridgehead atoms. The van der Waals surface area contributed by atoms with E-state index in [0.29, 0.717) is 5.82 Å². The van der Waals surface area contributed by atoms with Crippen molar-refractivity contribution in [3.8, 4) is 0 Å².